The van der Waals surface area contributed by atoms with E-state index < -0.39 is 42.6 Å². The van der Waals surface area contributed by atoms with E-state index in [0.29, 0.717) is 0 Å². The third kappa shape index (κ3) is 3.53. The third-order valence-corrected chi connectivity index (χ3v) is 4.97. The van der Waals surface area contributed by atoms with E-state index in [9.17, 15) is 22.0 Å². The molecule has 0 amide bonds. The predicted molar refractivity (Wildman–Crippen MR) is 73.8 cm³/mol. The second-order valence-corrected chi connectivity index (χ2v) is 7.25. The molecule has 8 nitrogen and oxygen atoms in total. The molecular weight excluding hydrogens is 332 g/mol. The van der Waals surface area contributed by atoms with Gasteiger partial charge in [-0.05, 0) is 6.07 Å². The number of carbonyl (C=O) groups is 1. The van der Waals surface area contributed by atoms with E-state index in [0.717, 1.165) is 6.07 Å². The Balaban J connectivity index is 3.52. The molecule has 0 bridgehead atoms. The number of hydrogen-bond donors (Lipinski definition) is 3. The van der Waals surface area contributed by atoms with Crippen molar-refractivity contribution in [2.75, 3.05) is 13.6 Å². The lowest BCUT2D eigenvalue weighted by molar-refractivity contribution is -0.136. The van der Waals surface area contributed by atoms with E-state index in [4.69, 9.17) is 21.8 Å². The summed E-state index contributed by atoms with van der Waals surface area (Å²) in [5, 5.41) is 13.6. The van der Waals surface area contributed by atoms with Crippen LogP contribution in [0.2, 0.25) is 5.02 Å². The van der Waals surface area contributed by atoms with Crippen molar-refractivity contribution >= 4 is 44.5 Å². The average molecular weight is 344 g/mol. The summed E-state index contributed by atoms with van der Waals surface area (Å²) in [6, 6.07) is 3.41. The molecule has 0 saturated carbocycles. The van der Waals surface area contributed by atoms with Gasteiger partial charge >= 0.3 is 17.2 Å². The fraction of sp³-hybridized carbons (Fsp3) is 0.222. The summed E-state index contributed by atoms with van der Waals surface area (Å²) in [6.07, 6.45) is 0. The Labute approximate surface area is 122 Å². The van der Waals surface area contributed by atoms with E-state index in [2.05, 4.69) is 0 Å². The van der Waals surface area contributed by atoms with E-state index in [1.54, 1.807) is 0 Å². The van der Waals surface area contributed by atoms with Crippen LogP contribution in [0.15, 0.2) is 23.1 Å². The van der Waals surface area contributed by atoms with Crippen LogP contribution >= 0.6 is 11.6 Å². The number of carboxylic acids is 1. The van der Waals surface area contributed by atoms with Crippen LogP contribution in [0.1, 0.15) is 0 Å². The number of hydrogen-bond acceptors (Lipinski definition) is 4. The highest BCUT2D eigenvalue weighted by Gasteiger charge is 2.36. The first-order valence-corrected chi connectivity index (χ1v) is 7.99. The van der Waals surface area contributed by atoms with Gasteiger partial charge in [0.2, 0.25) is 10.0 Å². The number of carboxylic acid groups (broad SMARTS) is 1. The molecule has 0 spiro atoms. The molecule has 0 aliphatic heterocycles. The maximum Gasteiger partial charge on any atom is 0.364 e. The molecule has 2 atom stereocenters. The molecule has 0 aromatic heterocycles. The number of rotatable bonds is 5. The molecular formula is C9H12ClN2O6S2+. The minimum absolute atomic E-state index is 0.0262. The Kier molecular flexibility index (Phi) is 4.90. The molecule has 0 heterocycles. The Morgan fingerprint density at radius 3 is 2.45 bits per heavy atom. The number of nitrogens with zero attached hydrogens (tertiary/aromatic N) is 1. The van der Waals surface area contributed by atoms with Crippen LogP contribution in [-0.4, -0.2) is 41.8 Å². The molecule has 1 aromatic rings. The maximum absolute atomic E-state index is 11.4. The zero-order valence-corrected chi connectivity index (χ0v) is 12.6. The summed E-state index contributed by atoms with van der Waals surface area (Å²) in [7, 11) is -2.97. The van der Waals surface area contributed by atoms with Crippen LogP contribution in [0.25, 0.3) is 0 Å². The summed E-state index contributed by atoms with van der Waals surface area (Å²) in [4.78, 5) is 10.4. The van der Waals surface area contributed by atoms with Crippen LogP contribution in [0.4, 0.5) is 5.69 Å². The first kappa shape index (κ1) is 17.0. The molecule has 20 heavy (non-hydrogen) atoms. The monoisotopic (exact) mass is 343 g/mol. The van der Waals surface area contributed by atoms with Gasteiger partial charge in [-0.3, -0.25) is 4.55 Å². The number of aliphatic carboxylic acids is 1. The summed E-state index contributed by atoms with van der Waals surface area (Å²) < 4.78 is 42.5. The molecule has 0 fully saturated rings. The highest BCUT2D eigenvalue weighted by atomic mass is 35.5. The number of primary sulfonamides is 1. The fourth-order valence-electron chi connectivity index (χ4n) is 1.50. The summed E-state index contributed by atoms with van der Waals surface area (Å²) in [5.74, 6) is -1.33. The predicted octanol–water partition coefficient (Wildman–Crippen LogP) is 0.146. The number of benzene rings is 1. The SMILES string of the molecule is C[N+](CC(=O)O)(c1ccc(Cl)c(S(N)(=O)=O)c1)S(=O)O. The lowest BCUT2D eigenvalue weighted by Gasteiger charge is -2.26. The molecule has 112 valence electrons. The van der Waals surface area contributed by atoms with Crippen molar-refractivity contribution in [3.8, 4) is 0 Å². The van der Waals surface area contributed by atoms with Crippen molar-refractivity contribution in [3.63, 3.8) is 0 Å². The lowest BCUT2D eigenvalue weighted by atomic mass is 10.3. The highest BCUT2D eigenvalue weighted by Crippen LogP contribution is 2.30. The summed E-state index contributed by atoms with van der Waals surface area (Å²) >= 11 is 3.09. The average Bonchev–Trinajstić information content (AvgIpc) is 2.26. The van der Waals surface area contributed by atoms with E-state index in [1.807, 2.05) is 0 Å². The molecule has 4 N–H and O–H groups in total. The van der Waals surface area contributed by atoms with Crippen molar-refractivity contribution < 1.29 is 27.1 Å². The number of likely N-dealkylation sites (N-methyl/N-ethyl adjacent to an activating group) is 1. The highest BCUT2D eigenvalue weighted by molar-refractivity contribution is 7.89. The third-order valence-electron chi connectivity index (χ3n) is 2.55. The standard InChI is InChI=1S/C9H11ClN2O6S2/c1-12(19(15)16,5-9(13)14)6-2-3-7(10)8(4-6)20(11,17)18/h2-4H,5H2,1H3,(H3-,11,13,14,15,16,17,18)/p+1. The summed E-state index contributed by atoms with van der Waals surface area (Å²) in [6.45, 7) is -0.727. The van der Waals surface area contributed by atoms with Gasteiger partial charge in [0.15, 0.2) is 6.54 Å². The van der Waals surface area contributed by atoms with Crippen molar-refractivity contribution in [2.24, 2.45) is 5.14 Å². The van der Waals surface area contributed by atoms with Crippen LogP contribution in [0.5, 0.6) is 0 Å². The quantitative estimate of drug-likeness (QED) is 0.514. The Hall–Kier alpha value is -1.04. The maximum atomic E-state index is 11.4. The molecule has 1 aromatic carbocycles. The molecule has 11 heteroatoms. The largest absolute Gasteiger partial charge is 0.477 e. The van der Waals surface area contributed by atoms with Crippen LogP contribution in [0.3, 0.4) is 0 Å². The van der Waals surface area contributed by atoms with Gasteiger partial charge in [0.1, 0.15) is 10.6 Å². The fourth-order valence-corrected chi connectivity index (χ4v) is 3.08. The molecule has 1 rings (SSSR count). The summed E-state index contributed by atoms with van der Waals surface area (Å²) in [5.41, 5.74) is -0.0262. The first-order chi connectivity index (χ1) is 8.98. The van der Waals surface area contributed by atoms with Gasteiger partial charge in [0.05, 0.1) is 12.1 Å². The Bertz CT molecular complexity index is 677. The van der Waals surface area contributed by atoms with Crippen molar-refractivity contribution in [2.45, 2.75) is 4.90 Å². The van der Waals surface area contributed by atoms with Gasteiger partial charge in [-0.25, -0.2) is 18.4 Å². The van der Waals surface area contributed by atoms with E-state index in [1.165, 1.54) is 19.2 Å². The number of nitrogens with two attached hydrogens (primary N) is 1. The molecule has 2 unspecified atom stereocenters. The van der Waals surface area contributed by atoms with Crippen LogP contribution < -0.4 is 9.03 Å². The zero-order valence-electron chi connectivity index (χ0n) is 10.2. The molecule has 0 aliphatic carbocycles. The van der Waals surface area contributed by atoms with Crippen LogP contribution in [-0.2, 0) is 26.1 Å². The topological polar surface area (TPSA) is 135 Å². The molecule has 0 aliphatic rings. The van der Waals surface area contributed by atoms with Gasteiger partial charge in [-0.15, -0.1) is 0 Å². The van der Waals surface area contributed by atoms with E-state index in [-0.39, 0.29) is 10.7 Å². The second kappa shape index (κ2) is 5.76. The number of halogens is 1. The van der Waals surface area contributed by atoms with Crippen molar-refractivity contribution in [1.29, 1.82) is 0 Å². The molecule has 0 saturated heterocycles. The smallest absolute Gasteiger partial charge is 0.364 e. The van der Waals surface area contributed by atoms with Crippen molar-refractivity contribution in [1.82, 2.24) is 3.89 Å². The van der Waals surface area contributed by atoms with Crippen molar-refractivity contribution in [3.05, 3.63) is 23.2 Å². The Morgan fingerprint density at radius 2 is 2.05 bits per heavy atom. The minimum atomic E-state index is -4.14. The van der Waals surface area contributed by atoms with Gasteiger partial charge < -0.3 is 5.11 Å². The van der Waals surface area contributed by atoms with Gasteiger partial charge in [-0.2, -0.15) is 8.10 Å². The van der Waals surface area contributed by atoms with Gasteiger partial charge in [0, 0.05) is 12.1 Å². The normalized spacial score (nSPS) is 16.4. The van der Waals surface area contributed by atoms with Crippen LogP contribution in [0, 0.1) is 0 Å². The zero-order chi connectivity index (χ0) is 15.7. The number of sulfonamides is 1. The van der Waals surface area contributed by atoms with E-state index >= 15 is 0 Å². The second-order valence-electron chi connectivity index (χ2n) is 4.04. The molecule has 0 radical (unpaired) electrons. The van der Waals surface area contributed by atoms with Gasteiger partial charge in [0.25, 0.3) is 0 Å². The van der Waals surface area contributed by atoms with Gasteiger partial charge in [-0.1, -0.05) is 11.6 Å². The lowest BCUT2D eigenvalue weighted by Crippen LogP contribution is -2.50. The first-order valence-electron chi connectivity index (χ1n) is 5.00. The Morgan fingerprint density at radius 1 is 1.50 bits per heavy atom. The number of quaternary nitrogens is 1. The minimum Gasteiger partial charge on any atom is -0.477 e.